The van der Waals surface area contributed by atoms with E-state index in [0.717, 1.165) is 18.0 Å². The van der Waals surface area contributed by atoms with Gasteiger partial charge in [0.25, 0.3) is 5.69 Å². The number of nitrogens with one attached hydrogen (secondary N) is 2. The lowest BCUT2D eigenvalue weighted by Gasteiger charge is -2.10. The number of carbonyl (C=O) groups is 1. The SMILES string of the molecule is O=C(CCC1CCCC1)NCCNc1ccc([N+](=O)[O-])cc1. The molecule has 1 aromatic carbocycles. The van der Waals surface area contributed by atoms with E-state index in [0.29, 0.717) is 19.5 Å². The summed E-state index contributed by atoms with van der Waals surface area (Å²) in [5.74, 6) is 0.849. The molecule has 0 aliphatic heterocycles. The Labute approximate surface area is 130 Å². The molecule has 1 amide bonds. The summed E-state index contributed by atoms with van der Waals surface area (Å²) in [6.07, 6.45) is 6.78. The van der Waals surface area contributed by atoms with Crippen molar-refractivity contribution in [3.8, 4) is 0 Å². The fraction of sp³-hybridized carbons (Fsp3) is 0.562. The summed E-state index contributed by atoms with van der Waals surface area (Å²) in [4.78, 5) is 21.8. The number of rotatable bonds is 8. The van der Waals surface area contributed by atoms with Gasteiger partial charge in [0.05, 0.1) is 4.92 Å². The third-order valence-electron chi connectivity index (χ3n) is 4.11. The van der Waals surface area contributed by atoms with Crippen molar-refractivity contribution < 1.29 is 9.72 Å². The molecule has 0 saturated heterocycles. The van der Waals surface area contributed by atoms with Gasteiger partial charge in [0, 0.05) is 37.3 Å². The van der Waals surface area contributed by atoms with E-state index < -0.39 is 4.92 Å². The number of carbonyl (C=O) groups excluding carboxylic acids is 1. The Morgan fingerprint density at radius 2 is 1.86 bits per heavy atom. The lowest BCUT2D eigenvalue weighted by Crippen LogP contribution is -2.28. The van der Waals surface area contributed by atoms with Crippen molar-refractivity contribution in [2.45, 2.75) is 38.5 Å². The molecule has 6 heteroatoms. The highest BCUT2D eigenvalue weighted by molar-refractivity contribution is 5.75. The van der Waals surface area contributed by atoms with Crippen LogP contribution in [0.5, 0.6) is 0 Å². The molecule has 0 radical (unpaired) electrons. The van der Waals surface area contributed by atoms with Gasteiger partial charge in [0.15, 0.2) is 0 Å². The Morgan fingerprint density at radius 1 is 1.18 bits per heavy atom. The second kappa shape index (κ2) is 8.36. The summed E-state index contributed by atoms with van der Waals surface area (Å²) in [7, 11) is 0. The second-order valence-electron chi connectivity index (χ2n) is 5.77. The molecule has 6 nitrogen and oxygen atoms in total. The first kappa shape index (κ1) is 16.3. The number of benzene rings is 1. The normalized spacial score (nSPS) is 14.7. The number of amides is 1. The van der Waals surface area contributed by atoms with Crippen molar-refractivity contribution in [2.75, 3.05) is 18.4 Å². The summed E-state index contributed by atoms with van der Waals surface area (Å²) in [5, 5.41) is 16.6. The van der Waals surface area contributed by atoms with E-state index in [1.165, 1.54) is 37.8 Å². The van der Waals surface area contributed by atoms with Gasteiger partial charge in [-0.05, 0) is 24.5 Å². The van der Waals surface area contributed by atoms with Crippen LogP contribution in [0.25, 0.3) is 0 Å². The molecule has 0 bridgehead atoms. The molecule has 0 atom stereocenters. The molecule has 0 aromatic heterocycles. The Bertz CT molecular complexity index is 496. The van der Waals surface area contributed by atoms with Crippen molar-refractivity contribution in [3.05, 3.63) is 34.4 Å². The van der Waals surface area contributed by atoms with Gasteiger partial charge in [-0.1, -0.05) is 25.7 Å². The van der Waals surface area contributed by atoms with E-state index in [1.54, 1.807) is 12.1 Å². The van der Waals surface area contributed by atoms with Crippen molar-refractivity contribution in [1.82, 2.24) is 5.32 Å². The highest BCUT2D eigenvalue weighted by Crippen LogP contribution is 2.28. The highest BCUT2D eigenvalue weighted by atomic mass is 16.6. The Balaban J connectivity index is 1.57. The number of nitro benzene ring substituents is 1. The number of nitrogens with zero attached hydrogens (tertiary/aromatic N) is 1. The Morgan fingerprint density at radius 3 is 2.50 bits per heavy atom. The van der Waals surface area contributed by atoms with Crippen LogP contribution in [-0.4, -0.2) is 23.9 Å². The average Bonchev–Trinajstić information content (AvgIpc) is 3.03. The lowest BCUT2D eigenvalue weighted by molar-refractivity contribution is -0.384. The van der Waals surface area contributed by atoms with Gasteiger partial charge in [-0.25, -0.2) is 0 Å². The van der Waals surface area contributed by atoms with Gasteiger partial charge >= 0.3 is 0 Å². The quantitative estimate of drug-likeness (QED) is 0.439. The molecule has 0 spiro atoms. The number of hydrogen-bond acceptors (Lipinski definition) is 4. The average molecular weight is 305 g/mol. The standard InChI is InChI=1S/C16H23N3O3/c20-16(10-5-13-3-1-2-4-13)18-12-11-17-14-6-8-15(9-7-14)19(21)22/h6-9,13,17H,1-5,10-12H2,(H,18,20). The zero-order chi connectivity index (χ0) is 15.8. The van der Waals surface area contributed by atoms with Crippen LogP contribution in [0.2, 0.25) is 0 Å². The van der Waals surface area contributed by atoms with Gasteiger partial charge in [0.1, 0.15) is 0 Å². The highest BCUT2D eigenvalue weighted by Gasteiger charge is 2.15. The molecule has 1 saturated carbocycles. The maximum atomic E-state index is 11.7. The van der Waals surface area contributed by atoms with Crippen molar-refractivity contribution >= 4 is 17.3 Å². The molecule has 1 aromatic rings. The largest absolute Gasteiger partial charge is 0.383 e. The number of hydrogen-bond donors (Lipinski definition) is 2. The third-order valence-corrected chi connectivity index (χ3v) is 4.11. The van der Waals surface area contributed by atoms with Crippen molar-refractivity contribution in [2.24, 2.45) is 5.92 Å². The summed E-state index contributed by atoms with van der Waals surface area (Å²) in [6.45, 7) is 1.16. The van der Waals surface area contributed by atoms with Crippen LogP contribution in [0.1, 0.15) is 38.5 Å². The maximum Gasteiger partial charge on any atom is 0.269 e. The predicted molar refractivity (Wildman–Crippen MR) is 85.8 cm³/mol. The van der Waals surface area contributed by atoms with E-state index >= 15 is 0 Å². The Kier molecular flexibility index (Phi) is 6.18. The summed E-state index contributed by atoms with van der Waals surface area (Å²) >= 11 is 0. The Hall–Kier alpha value is -2.11. The minimum absolute atomic E-state index is 0.0748. The third kappa shape index (κ3) is 5.35. The molecule has 120 valence electrons. The van der Waals surface area contributed by atoms with Gasteiger partial charge in [-0.15, -0.1) is 0 Å². The predicted octanol–water partition coefficient (Wildman–Crippen LogP) is 3.09. The molecule has 22 heavy (non-hydrogen) atoms. The fourth-order valence-electron chi connectivity index (χ4n) is 2.83. The first-order chi connectivity index (χ1) is 10.6. The first-order valence-corrected chi connectivity index (χ1v) is 7.90. The van der Waals surface area contributed by atoms with E-state index in [2.05, 4.69) is 10.6 Å². The maximum absolute atomic E-state index is 11.7. The molecule has 0 heterocycles. The van der Waals surface area contributed by atoms with E-state index in [9.17, 15) is 14.9 Å². The molecular formula is C16H23N3O3. The van der Waals surface area contributed by atoms with Crippen molar-refractivity contribution in [1.29, 1.82) is 0 Å². The number of anilines is 1. The first-order valence-electron chi connectivity index (χ1n) is 7.90. The monoisotopic (exact) mass is 305 g/mol. The van der Waals surface area contributed by atoms with Gasteiger partial charge < -0.3 is 10.6 Å². The number of non-ortho nitro benzene ring substituents is 1. The van der Waals surface area contributed by atoms with Gasteiger partial charge in [0.2, 0.25) is 5.91 Å². The second-order valence-corrected chi connectivity index (χ2v) is 5.77. The van der Waals surface area contributed by atoms with Crippen LogP contribution in [0, 0.1) is 16.0 Å². The summed E-state index contributed by atoms with van der Waals surface area (Å²) in [5.41, 5.74) is 0.886. The van der Waals surface area contributed by atoms with E-state index in [1.807, 2.05) is 0 Å². The number of nitro groups is 1. The molecule has 2 N–H and O–H groups in total. The van der Waals surface area contributed by atoms with Crippen molar-refractivity contribution in [3.63, 3.8) is 0 Å². The summed E-state index contributed by atoms with van der Waals surface area (Å²) in [6, 6.07) is 6.26. The molecule has 2 rings (SSSR count). The fourth-order valence-corrected chi connectivity index (χ4v) is 2.83. The lowest BCUT2D eigenvalue weighted by atomic mass is 10.0. The molecule has 1 aliphatic rings. The molecule has 1 fully saturated rings. The zero-order valence-electron chi connectivity index (χ0n) is 12.7. The van der Waals surface area contributed by atoms with Crippen LogP contribution in [0.3, 0.4) is 0 Å². The van der Waals surface area contributed by atoms with Crippen LogP contribution in [0.15, 0.2) is 24.3 Å². The van der Waals surface area contributed by atoms with Gasteiger partial charge in [-0.3, -0.25) is 14.9 Å². The molecular weight excluding hydrogens is 282 g/mol. The van der Waals surface area contributed by atoms with Crippen LogP contribution in [0.4, 0.5) is 11.4 Å². The van der Waals surface area contributed by atoms with Crippen LogP contribution >= 0.6 is 0 Å². The van der Waals surface area contributed by atoms with E-state index in [4.69, 9.17) is 0 Å². The summed E-state index contributed by atoms with van der Waals surface area (Å²) < 4.78 is 0. The van der Waals surface area contributed by atoms with Crippen LogP contribution < -0.4 is 10.6 Å². The zero-order valence-corrected chi connectivity index (χ0v) is 12.7. The minimum Gasteiger partial charge on any atom is -0.383 e. The van der Waals surface area contributed by atoms with Gasteiger partial charge in [-0.2, -0.15) is 0 Å². The molecule has 1 aliphatic carbocycles. The minimum atomic E-state index is -0.422. The van der Waals surface area contributed by atoms with Crippen LogP contribution in [-0.2, 0) is 4.79 Å². The topological polar surface area (TPSA) is 84.3 Å². The smallest absolute Gasteiger partial charge is 0.269 e. The van der Waals surface area contributed by atoms with E-state index in [-0.39, 0.29) is 11.6 Å². The molecule has 0 unspecified atom stereocenters.